The number of nitrogens with two attached hydrogens (primary N) is 2. The first-order chi connectivity index (χ1) is 13.4. The molecule has 7 N–H and O–H groups in total. The van der Waals surface area contributed by atoms with Gasteiger partial charge in [0, 0.05) is 17.8 Å². The van der Waals surface area contributed by atoms with Crippen LogP contribution in [0.4, 0.5) is 11.4 Å². The molecule has 0 saturated carbocycles. The van der Waals surface area contributed by atoms with E-state index in [4.69, 9.17) is 26.6 Å². The van der Waals surface area contributed by atoms with Gasteiger partial charge in [0.15, 0.2) is 5.90 Å². The predicted octanol–water partition coefficient (Wildman–Crippen LogP) is 1.98. The lowest BCUT2D eigenvalue weighted by Crippen LogP contribution is -2.16. The minimum Gasteiger partial charge on any atom is -0.409 e. The first-order valence-electron chi connectivity index (χ1n) is 8.11. The third-order valence-corrected chi connectivity index (χ3v) is 3.55. The molecule has 29 heavy (non-hydrogen) atoms. The fourth-order valence-electron chi connectivity index (χ4n) is 2.06. The second-order valence-electron chi connectivity index (χ2n) is 5.52. The molecular formula is C18H20ClN5O5. The van der Waals surface area contributed by atoms with Crippen molar-refractivity contribution in [3.8, 4) is 0 Å². The fourth-order valence-corrected chi connectivity index (χ4v) is 2.06. The number of rotatable bonds is 7. The largest absolute Gasteiger partial charge is 0.409 e. The van der Waals surface area contributed by atoms with Crippen molar-refractivity contribution in [3.63, 3.8) is 0 Å². The number of hydrazine groups is 2. The number of carbonyl (C=O) groups excluding carboxylic acids is 3. The Bertz CT molecular complexity index is 798. The summed E-state index contributed by atoms with van der Waals surface area (Å²) in [6.45, 7) is 0. The number of esters is 3. The van der Waals surface area contributed by atoms with Gasteiger partial charge in [-0.05, 0) is 48.5 Å². The summed E-state index contributed by atoms with van der Waals surface area (Å²) in [6, 6.07) is 12.1. The van der Waals surface area contributed by atoms with Crippen LogP contribution in [0.2, 0.25) is 0 Å². The van der Waals surface area contributed by atoms with Crippen LogP contribution in [0.25, 0.3) is 0 Å². The van der Waals surface area contributed by atoms with E-state index < -0.39 is 23.8 Å². The Morgan fingerprint density at radius 2 is 1.17 bits per heavy atom. The van der Waals surface area contributed by atoms with Crippen molar-refractivity contribution in [3.05, 3.63) is 59.7 Å². The Hall–Kier alpha value is -3.47. The SMILES string of the molecule is Cl.N=C(CCC(=O)OC(=O)c1ccc(NN)cc1)OC(=O)c1ccc(NN)cc1. The summed E-state index contributed by atoms with van der Waals surface area (Å²) in [5, 5.41) is 7.64. The van der Waals surface area contributed by atoms with Gasteiger partial charge in [-0.3, -0.25) is 21.9 Å². The summed E-state index contributed by atoms with van der Waals surface area (Å²) in [7, 11) is 0. The molecule has 0 unspecified atom stereocenters. The quantitative estimate of drug-likeness (QED) is 0.112. The molecule has 0 fully saturated rings. The molecule has 0 radical (unpaired) electrons. The lowest BCUT2D eigenvalue weighted by atomic mass is 10.2. The highest BCUT2D eigenvalue weighted by Crippen LogP contribution is 2.11. The van der Waals surface area contributed by atoms with E-state index in [2.05, 4.69) is 10.9 Å². The number of halogens is 1. The molecule has 0 aromatic heterocycles. The van der Waals surface area contributed by atoms with Crippen LogP contribution < -0.4 is 22.5 Å². The maximum Gasteiger partial charge on any atom is 0.345 e. The van der Waals surface area contributed by atoms with E-state index in [1.54, 1.807) is 24.3 Å². The Morgan fingerprint density at radius 1 is 0.759 bits per heavy atom. The van der Waals surface area contributed by atoms with Gasteiger partial charge in [-0.2, -0.15) is 0 Å². The Balaban J connectivity index is 0.00000420. The van der Waals surface area contributed by atoms with Gasteiger partial charge in [-0.1, -0.05) is 0 Å². The standard InChI is InChI=1S/C18H19N5O5.ClH/c19-15(27-17(25)11-1-5-13(22-20)6-2-11)9-10-16(24)28-18(26)12-3-7-14(23-21)8-4-12;/h1-8,19,22-23H,9-10,20-21H2;1H. The molecule has 0 aliphatic carbocycles. The number of carbonyl (C=O) groups is 3. The van der Waals surface area contributed by atoms with Crippen LogP contribution in [0.5, 0.6) is 0 Å². The van der Waals surface area contributed by atoms with Crippen molar-refractivity contribution in [2.45, 2.75) is 12.8 Å². The lowest BCUT2D eigenvalue weighted by Gasteiger charge is -2.07. The van der Waals surface area contributed by atoms with Crippen molar-refractivity contribution in [1.29, 1.82) is 5.41 Å². The zero-order valence-electron chi connectivity index (χ0n) is 15.1. The predicted molar refractivity (Wildman–Crippen MR) is 109 cm³/mol. The minimum absolute atomic E-state index is 0. The number of nitrogens with one attached hydrogen (secondary N) is 3. The van der Waals surface area contributed by atoms with Crippen LogP contribution in [0, 0.1) is 5.41 Å². The first kappa shape index (κ1) is 23.6. The molecule has 0 heterocycles. The summed E-state index contributed by atoms with van der Waals surface area (Å²) in [6.07, 6.45) is -0.493. The number of nitrogen functional groups attached to an aromatic ring is 2. The molecule has 2 aromatic rings. The highest BCUT2D eigenvalue weighted by atomic mass is 35.5. The molecular weight excluding hydrogens is 402 g/mol. The Labute approximate surface area is 172 Å². The van der Waals surface area contributed by atoms with E-state index in [1.807, 2.05) is 0 Å². The molecule has 2 aromatic carbocycles. The molecule has 0 atom stereocenters. The number of benzene rings is 2. The Morgan fingerprint density at radius 3 is 1.59 bits per heavy atom. The zero-order valence-corrected chi connectivity index (χ0v) is 16.0. The van der Waals surface area contributed by atoms with Crippen molar-refractivity contribution in [2.75, 3.05) is 10.9 Å². The van der Waals surface area contributed by atoms with Crippen LogP contribution in [0.15, 0.2) is 48.5 Å². The highest BCUT2D eigenvalue weighted by molar-refractivity contribution is 6.00. The van der Waals surface area contributed by atoms with Gasteiger partial charge in [-0.15, -0.1) is 12.4 Å². The van der Waals surface area contributed by atoms with E-state index in [0.717, 1.165) is 0 Å². The third-order valence-electron chi connectivity index (χ3n) is 3.55. The van der Waals surface area contributed by atoms with Crippen molar-refractivity contribution in [1.82, 2.24) is 0 Å². The maximum atomic E-state index is 11.9. The molecule has 2 rings (SSSR count). The van der Waals surface area contributed by atoms with E-state index in [1.165, 1.54) is 24.3 Å². The smallest absolute Gasteiger partial charge is 0.345 e. The molecule has 0 saturated heterocycles. The molecule has 11 heteroatoms. The average Bonchev–Trinajstić information content (AvgIpc) is 2.72. The fraction of sp³-hybridized carbons (Fsp3) is 0.111. The molecule has 10 nitrogen and oxygen atoms in total. The molecule has 0 aliphatic rings. The van der Waals surface area contributed by atoms with Gasteiger partial charge in [-0.25, -0.2) is 9.59 Å². The van der Waals surface area contributed by atoms with Gasteiger partial charge >= 0.3 is 17.9 Å². The zero-order chi connectivity index (χ0) is 20.5. The van der Waals surface area contributed by atoms with Crippen LogP contribution in [-0.2, 0) is 14.3 Å². The van der Waals surface area contributed by atoms with Crippen LogP contribution in [-0.4, -0.2) is 23.8 Å². The van der Waals surface area contributed by atoms with Crippen molar-refractivity contribution >= 4 is 47.6 Å². The molecule has 0 spiro atoms. The number of hydrogen-bond donors (Lipinski definition) is 5. The van der Waals surface area contributed by atoms with Crippen LogP contribution in [0.3, 0.4) is 0 Å². The van der Waals surface area contributed by atoms with E-state index in [0.29, 0.717) is 11.4 Å². The van der Waals surface area contributed by atoms with Gasteiger partial charge < -0.3 is 20.3 Å². The average molecular weight is 422 g/mol. The molecule has 0 aliphatic heterocycles. The molecule has 0 amide bonds. The maximum absolute atomic E-state index is 11.9. The van der Waals surface area contributed by atoms with Gasteiger partial charge in [0.25, 0.3) is 0 Å². The second kappa shape index (κ2) is 11.4. The minimum atomic E-state index is -0.842. The van der Waals surface area contributed by atoms with Gasteiger partial charge in [0.1, 0.15) is 0 Å². The summed E-state index contributed by atoms with van der Waals surface area (Å²) in [4.78, 5) is 35.5. The third kappa shape index (κ3) is 7.22. The van der Waals surface area contributed by atoms with Crippen molar-refractivity contribution in [2.24, 2.45) is 11.7 Å². The summed E-state index contributed by atoms with van der Waals surface area (Å²) >= 11 is 0. The van der Waals surface area contributed by atoms with E-state index in [-0.39, 0.29) is 36.4 Å². The topological polar surface area (TPSA) is 170 Å². The number of ether oxygens (including phenoxy) is 2. The van der Waals surface area contributed by atoms with Crippen LogP contribution in [0.1, 0.15) is 33.6 Å². The van der Waals surface area contributed by atoms with Crippen LogP contribution >= 0.6 is 12.4 Å². The van der Waals surface area contributed by atoms with E-state index >= 15 is 0 Å². The lowest BCUT2D eigenvalue weighted by molar-refractivity contribution is -0.137. The summed E-state index contributed by atoms with van der Waals surface area (Å²) in [5.74, 6) is 7.62. The molecule has 154 valence electrons. The normalized spacial score (nSPS) is 9.59. The highest BCUT2D eigenvalue weighted by Gasteiger charge is 2.16. The second-order valence-corrected chi connectivity index (χ2v) is 5.52. The first-order valence-corrected chi connectivity index (χ1v) is 8.11. The summed E-state index contributed by atoms with van der Waals surface area (Å²) < 4.78 is 9.55. The number of hydrogen-bond acceptors (Lipinski definition) is 10. The monoisotopic (exact) mass is 421 g/mol. The summed E-state index contributed by atoms with van der Waals surface area (Å²) in [5.41, 5.74) is 6.41. The van der Waals surface area contributed by atoms with Gasteiger partial charge in [0.05, 0.1) is 17.5 Å². The Kier molecular flexibility index (Phi) is 9.26. The van der Waals surface area contributed by atoms with E-state index in [9.17, 15) is 14.4 Å². The molecule has 0 bridgehead atoms. The number of anilines is 2. The van der Waals surface area contributed by atoms with Gasteiger partial charge in [0.2, 0.25) is 0 Å². The van der Waals surface area contributed by atoms with Crippen molar-refractivity contribution < 1.29 is 23.9 Å².